The Labute approximate surface area is 304 Å². The first-order chi connectivity index (χ1) is 24.4. The molecule has 2 aromatic carbocycles. The number of amides is 1. The SMILES string of the molecule is CCOc1ccn(-c2ccccc2)c(=O)c1C(=O)Nc1ccc(Oc2ccnc3cc(-c4ccc(CN5CCN(C)CC5)cn4)sc23)c(F)c1.Cl. The third-order valence-electron chi connectivity index (χ3n) is 8.48. The fraction of sp³-hybridized carbons (Fsp3) is 0.211. The summed E-state index contributed by atoms with van der Waals surface area (Å²) in [5.74, 6) is -0.864. The van der Waals surface area contributed by atoms with E-state index in [0.29, 0.717) is 17.0 Å². The van der Waals surface area contributed by atoms with Crippen LogP contribution in [0, 0.1) is 5.82 Å². The van der Waals surface area contributed by atoms with Gasteiger partial charge >= 0.3 is 0 Å². The molecule has 1 aliphatic heterocycles. The highest BCUT2D eigenvalue weighted by Crippen LogP contribution is 2.39. The summed E-state index contributed by atoms with van der Waals surface area (Å²) in [6.45, 7) is 7.11. The minimum Gasteiger partial charge on any atom is -0.493 e. The second kappa shape index (κ2) is 15.8. The van der Waals surface area contributed by atoms with E-state index < -0.39 is 17.3 Å². The number of piperazine rings is 1. The van der Waals surface area contributed by atoms with Crippen molar-refractivity contribution in [2.24, 2.45) is 0 Å². The second-order valence-corrected chi connectivity index (χ2v) is 13.0. The van der Waals surface area contributed by atoms with Crippen molar-refractivity contribution in [3.63, 3.8) is 0 Å². The maximum absolute atomic E-state index is 15.5. The van der Waals surface area contributed by atoms with Crippen molar-refractivity contribution in [1.29, 1.82) is 0 Å². The van der Waals surface area contributed by atoms with Crippen molar-refractivity contribution in [3.05, 3.63) is 125 Å². The van der Waals surface area contributed by atoms with Crippen LogP contribution < -0.4 is 20.3 Å². The van der Waals surface area contributed by atoms with Crippen molar-refractivity contribution >= 4 is 45.6 Å². The number of benzene rings is 2. The van der Waals surface area contributed by atoms with Crippen LogP contribution in [0.25, 0.3) is 26.5 Å². The van der Waals surface area contributed by atoms with Gasteiger partial charge in [0.25, 0.3) is 11.5 Å². The van der Waals surface area contributed by atoms with Crippen LogP contribution in [0.2, 0.25) is 0 Å². The number of hydrogen-bond donors (Lipinski definition) is 1. The van der Waals surface area contributed by atoms with Crippen LogP contribution in [0.15, 0.2) is 102 Å². The van der Waals surface area contributed by atoms with E-state index in [9.17, 15) is 9.59 Å². The molecule has 13 heteroatoms. The number of fused-ring (bicyclic) bond motifs is 1. The van der Waals surface area contributed by atoms with Gasteiger partial charge in [-0.3, -0.25) is 29.0 Å². The summed E-state index contributed by atoms with van der Waals surface area (Å²) in [6, 6.07) is 22.4. The zero-order valence-electron chi connectivity index (χ0n) is 28.0. The lowest BCUT2D eigenvalue weighted by Crippen LogP contribution is -2.43. The molecular formula is C38H36ClFN6O4S. The maximum Gasteiger partial charge on any atom is 0.271 e. The minimum atomic E-state index is -0.722. The Kier molecular flexibility index (Phi) is 11.1. The zero-order valence-corrected chi connectivity index (χ0v) is 29.7. The molecule has 0 spiro atoms. The van der Waals surface area contributed by atoms with Crippen molar-refractivity contribution in [3.8, 4) is 33.5 Å². The lowest BCUT2D eigenvalue weighted by atomic mass is 10.2. The first-order valence-electron chi connectivity index (χ1n) is 16.3. The van der Waals surface area contributed by atoms with Gasteiger partial charge in [0.1, 0.15) is 17.1 Å². The van der Waals surface area contributed by atoms with Gasteiger partial charge in [-0.25, -0.2) is 4.39 Å². The molecule has 1 saturated heterocycles. The van der Waals surface area contributed by atoms with Gasteiger partial charge in [0.2, 0.25) is 0 Å². The molecule has 6 aromatic rings. The quantitative estimate of drug-likeness (QED) is 0.158. The fourth-order valence-electron chi connectivity index (χ4n) is 5.82. The van der Waals surface area contributed by atoms with Crippen LogP contribution in [-0.2, 0) is 6.54 Å². The molecule has 1 amide bonds. The average Bonchev–Trinajstić information content (AvgIpc) is 3.57. The Morgan fingerprint density at radius 2 is 1.75 bits per heavy atom. The van der Waals surface area contributed by atoms with Crippen LogP contribution >= 0.6 is 23.7 Å². The summed E-state index contributed by atoms with van der Waals surface area (Å²) in [7, 11) is 2.15. The van der Waals surface area contributed by atoms with Gasteiger partial charge in [-0.15, -0.1) is 23.7 Å². The van der Waals surface area contributed by atoms with E-state index in [4.69, 9.17) is 14.5 Å². The van der Waals surface area contributed by atoms with E-state index in [-0.39, 0.29) is 41.8 Å². The highest BCUT2D eigenvalue weighted by molar-refractivity contribution is 7.22. The zero-order chi connectivity index (χ0) is 34.6. The number of carbonyl (C=O) groups excluding carboxylic acids is 1. The summed E-state index contributed by atoms with van der Waals surface area (Å²) in [6.07, 6.45) is 5.10. The summed E-state index contributed by atoms with van der Waals surface area (Å²) in [5, 5.41) is 2.64. The van der Waals surface area contributed by atoms with Crippen LogP contribution in [0.1, 0.15) is 22.8 Å². The molecule has 1 N–H and O–H groups in total. The van der Waals surface area contributed by atoms with Crippen LogP contribution in [0.4, 0.5) is 10.1 Å². The molecule has 0 radical (unpaired) electrons. The molecule has 7 rings (SSSR count). The molecule has 0 unspecified atom stereocenters. The third kappa shape index (κ3) is 7.94. The predicted octanol–water partition coefficient (Wildman–Crippen LogP) is 7.26. The number of pyridine rings is 3. The minimum absolute atomic E-state index is 0. The fourth-order valence-corrected chi connectivity index (χ4v) is 6.86. The number of anilines is 1. The molecule has 5 heterocycles. The van der Waals surface area contributed by atoms with Gasteiger partial charge in [0, 0.05) is 74.8 Å². The predicted molar refractivity (Wildman–Crippen MR) is 201 cm³/mol. The van der Waals surface area contributed by atoms with Gasteiger partial charge < -0.3 is 19.7 Å². The maximum atomic E-state index is 15.5. The molecule has 0 saturated carbocycles. The van der Waals surface area contributed by atoms with Crippen LogP contribution in [0.3, 0.4) is 0 Å². The number of carbonyl (C=O) groups is 1. The number of ether oxygens (including phenoxy) is 2. The third-order valence-corrected chi connectivity index (χ3v) is 9.64. The van der Waals surface area contributed by atoms with E-state index in [1.807, 2.05) is 24.4 Å². The number of nitrogens with one attached hydrogen (secondary N) is 1. The Hall–Kier alpha value is -5.14. The summed E-state index contributed by atoms with van der Waals surface area (Å²) in [5.41, 5.74) is 2.70. The molecule has 1 aliphatic rings. The van der Waals surface area contributed by atoms with Crippen molar-refractivity contribution in [2.75, 3.05) is 45.2 Å². The van der Waals surface area contributed by atoms with E-state index in [2.05, 4.69) is 33.2 Å². The van der Waals surface area contributed by atoms with Gasteiger partial charge in [0.05, 0.1) is 27.4 Å². The molecule has 0 aliphatic carbocycles. The van der Waals surface area contributed by atoms with Crippen molar-refractivity contribution in [1.82, 2.24) is 24.3 Å². The molecule has 4 aromatic heterocycles. The molecule has 1 fully saturated rings. The summed E-state index contributed by atoms with van der Waals surface area (Å²) >= 11 is 1.47. The Morgan fingerprint density at radius 1 is 0.941 bits per heavy atom. The number of para-hydroxylation sites is 1. The molecule has 51 heavy (non-hydrogen) atoms. The molecule has 262 valence electrons. The Morgan fingerprint density at radius 3 is 2.47 bits per heavy atom. The standard InChI is InChI=1S/C38H35FN6O4S.ClH/c1-3-48-32-14-16-45(27-7-5-4-6-8-27)38(47)35(32)37(46)42-26-10-12-31(28(39)21-26)49-33-13-15-40-30-22-34(50-36(30)33)29-11-9-25(23-41-29)24-44-19-17-43(2)18-20-44;/h4-16,21-23H,3,17-20,24H2,1-2H3,(H,42,46);1H. The summed E-state index contributed by atoms with van der Waals surface area (Å²) in [4.78, 5) is 41.8. The number of hydrogen-bond acceptors (Lipinski definition) is 9. The monoisotopic (exact) mass is 726 g/mol. The Balaban J connectivity index is 0.00000448. The number of rotatable bonds is 10. The largest absolute Gasteiger partial charge is 0.493 e. The van der Waals surface area contributed by atoms with Crippen LogP contribution in [-0.4, -0.2) is 70.1 Å². The van der Waals surface area contributed by atoms with Gasteiger partial charge in [0.15, 0.2) is 11.6 Å². The molecular weight excluding hydrogens is 691 g/mol. The normalized spacial score (nSPS) is 13.5. The van der Waals surface area contributed by atoms with Gasteiger partial charge in [-0.05, 0) is 62.0 Å². The van der Waals surface area contributed by atoms with Crippen LogP contribution in [0.5, 0.6) is 17.2 Å². The summed E-state index contributed by atoms with van der Waals surface area (Å²) < 4.78 is 29.2. The Bertz CT molecular complexity index is 2210. The highest BCUT2D eigenvalue weighted by atomic mass is 35.5. The number of thiophene rings is 1. The van der Waals surface area contributed by atoms with E-state index in [1.165, 1.54) is 33.6 Å². The van der Waals surface area contributed by atoms with Crippen molar-refractivity contribution in [2.45, 2.75) is 13.5 Å². The van der Waals surface area contributed by atoms with E-state index in [1.54, 1.807) is 55.7 Å². The lowest BCUT2D eigenvalue weighted by Gasteiger charge is -2.32. The molecule has 10 nitrogen and oxygen atoms in total. The number of nitrogens with zero attached hydrogens (tertiary/aromatic N) is 5. The number of halogens is 2. The first-order valence-corrected chi connectivity index (χ1v) is 17.2. The average molecular weight is 727 g/mol. The lowest BCUT2D eigenvalue weighted by molar-refractivity contribution is 0.102. The van der Waals surface area contributed by atoms with Gasteiger partial charge in [-0.2, -0.15) is 0 Å². The van der Waals surface area contributed by atoms with Gasteiger partial charge in [-0.1, -0.05) is 24.3 Å². The molecule has 0 atom stereocenters. The second-order valence-electron chi connectivity index (χ2n) is 12.0. The first kappa shape index (κ1) is 35.7. The number of aromatic nitrogens is 3. The highest BCUT2D eigenvalue weighted by Gasteiger charge is 2.21. The number of likely N-dealkylation sites (N-methyl/N-ethyl adjacent to an activating group) is 1. The smallest absolute Gasteiger partial charge is 0.271 e. The molecule has 0 bridgehead atoms. The van der Waals surface area contributed by atoms with Crippen molar-refractivity contribution < 1.29 is 18.7 Å². The van der Waals surface area contributed by atoms with E-state index in [0.717, 1.165) is 54.1 Å². The topological polar surface area (TPSA) is 102 Å². The van der Waals surface area contributed by atoms with E-state index >= 15 is 4.39 Å².